The van der Waals surface area contributed by atoms with Gasteiger partial charge in [0.15, 0.2) is 0 Å². The SMILES string of the molecule is CCOC(=O)/C(C#N)=C(\c1ccccc1)C(F)(F)F. The highest BCUT2D eigenvalue weighted by Gasteiger charge is 2.39. The van der Waals surface area contributed by atoms with Crippen LogP contribution in [0.2, 0.25) is 0 Å². The summed E-state index contributed by atoms with van der Waals surface area (Å²) in [7, 11) is 0. The van der Waals surface area contributed by atoms with E-state index in [-0.39, 0.29) is 12.2 Å². The van der Waals surface area contributed by atoms with Gasteiger partial charge in [-0.25, -0.2) is 4.79 Å². The molecule has 0 unspecified atom stereocenters. The molecule has 0 aromatic heterocycles. The van der Waals surface area contributed by atoms with Gasteiger partial charge in [-0.3, -0.25) is 0 Å². The summed E-state index contributed by atoms with van der Waals surface area (Å²) in [5.74, 6) is -1.28. The molecule has 0 atom stereocenters. The Kier molecular flexibility index (Phi) is 4.70. The van der Waals surface area contributed by atoms with Gasteiger partial charge in [0.05, 0.1) is 12.2 Å². The molecule has 19 heavy (non-hydrogen) atoms. The van der Waals surface area contributed by atoms with Gasteiger partial charge in [-0.2, -0.15) is 18.4 Å². The van der Waals surface area contributed by atoms with Crippen LogP contribution in [0.25, 0.3) is 5.57 Å². The Hall–Kier alpha value is -2.29. The number of nitriles is 1. The quantitative estimate of drug-likeness (QED) is 0.481. The van der Waals surface area contributed by atoms with Crippen LogP contribution in [0.1, 0.15) is 12.5 Å². The Bertz CT molecular complexity index is 527. The summed E-state index contributed by atoms with van der Waals surface area (Å²) in [5.41, 5.74) is -2.57. The molecule has 1 aromatic carbocycles. The summed E-state index contributed by atoms with van der Waals surface area (Å²) in [4.78, 5) is 11.4. The van der Waals surface area contributed by atoms with Crippen molar-refractivity contribution in [3.63, 3.8) is 0 Å². The number of benzene rings is 1. The van der Waals surface area contributed by atoms with Crippen LogP contribution >= 0.6 is 0 Å². The third kappa shape index (κ3) is 3.58. The molecule has 0 fully saturated rings. The summed E-state index contributed by atoms with van der Waals surface area (Å²) in [6.07, 6.45) is -4.82. The Morgan fingerprint density at radius 3 is 2.32 bits per heavy atom. The molecule has 6 heteroatoms. The molecule has 0 spiro atoms. The van der Waals surface area contributed by atoms with Gasteiger partial charge < -0.3 is 4.74 Å². The predicted molar refractivity (Wildman–Crippen MR) is 61.7 cm³/mol. The van der Waals surface area contributed by atoms with E-state index in [0.717, 1.165) is 0 Å². The highest BCUT2D eigenvalue weighted by atomic mass is 19.4. The maximum absolute atomic E-state index is 13.0. The molecule has 0 saturated carbocycles. The molecular formula is C13H10F3NO2. The lowest BCUT2D eigenvalue weighted by atomic mass is 10.00. The first-order chi connectivity index (χ1) is 8.91. The van der Waals surface area contributed by atoms with E-state index < -0.39 is 23.3 Å². The van der Waals surface area contributed by atoms with Crippen molar-refractivity contribution in [2.24, 2.45) is 0 Å². The largest absolute Gasteiger partial charge is 0.462 e. The fraction of sp³-hybridized carbons (Fsp3) is 0.231. The Labute approximate surface area is 107 Å². The van der Waals surface area contributed by atoms with E-state index >= 15 is 0 Å². The second-order valence-electron chi connectivity index (χ2n) is 3.45. The number of allylic oxidation sites excluding steroid dienone is 1. The Morgan fingerprint density at radius 2 is 1.89 bits per heavy atom. The molecule has 0 N–H and O–H groups in total. The number of esters is 1. The van der Waals surface area contributed by atoms with Gasteiger partial charge in [-0.15, -0.1) is 0 Å². The van der Waals surface area contributed by atoms with E-state index in [1.54, 1.807) is 0 Å². The topological polar surface area (TPSA) is 50.1 Å². The van der Waals surface area contributed by atoms with Crippen molar-refractivity contribution in [2.75, 3.05) is 6.61 Å². The average molecular weight is 269 g/mol. The second kappa shape index (κ2) is 6.05. The summed E-state index contributed by atoms with van der Waals surface area (Å²) >= 11 is 0. The van der Waals surface area contributed by atoms with E-state index in [1.165, 1.54) is 43.3 Å². The molecule has 0 heterocycles. The third-order valence-corrected chi connectivity index (χ3v) is 2.19. The minimum Gasteiger partial charge on any atom is -0.462 e. The van der Waals surface area contributed by atoms with Crippen LogP contribution in [0.5, 0.6) is 0 Å². The van der Waals surface area contributed by atoms with Crippen LogP contribution in [-0.2, 0) is 9.53 Å². The van der Waals surface area contributed by atoms with Crippen LogP contribution in [0.3, 0.4) is 0 Å². The number of carbonyl (C=O) groups excluding carboxylic acids is 1. The van der Waals surface area contributed by atoms with E-state index in [9.17, 15) is 18.0 Å². The number of nitrogens with zero attached hydrogens (tertiary/aromatic N) is 1. The number of ether oxygens (including phenoxy) is 1. The van der Waals surface area contributed by atoms with Gasteiger partial charge in [-0.05, 0) is 12.5 Å². The van der Waals surface area contributed by atoms with Gasteiger partial charge in [0.1, 0.15) is 11.6 Å². The van der Waals surface area contributed by atoms with Crippen molar-refractivity contribution < 1.29 is 22.7 Å². The van der Waals surface area contributed by atoms with Crippen molar-refractivity contribution in [1.29, 1.82) is 5.26 Å². The summed E-state index contributed by atoms with van der Waals surface area (Å²) in [5, 5.41) is 8.81. The zero-order chi connectivity index (χ0) is 14.5. The molecule has 0 aliphatic rings. The standard InChI is InChI=1S/C13H10F3NO2/c1-2-19-12(18)10(8-17)11(13(14,15)16)9-6-4-3-5-7-9/h3-7H,2H2,1H3/b11-10+. The number of halogens is 3. The van der Waals surface area contributed by atoms with Gasteiger partial charge in [0.25, 0.3) is 0 Å². The first-order valence-corrected chi connectivity index (χ1v) is 5.36. The summed E-state index contributed by atoms with van der Waals surface area (Å²) < 4.78 is 43.6. The van der Waals surface area contributed by atoms with Crippen molar-refractivity contribution >= 4 is 11.5 Å². The van der Waals surface area contributed by atoms with E-state index in [2.05, 4.69) is 4.74 Å². The molecular weight excluding hydrogens is 259 g/mol. The first kappa shape index (κ1) is 14.8. The first-order valence-electron chi connectivity index (χ1n) is 5.36. The molecule has 1 rings (SSSR count). The Morgan fingerprint density at radius 1 is 1.32 bits per heavy atom. The molecule has 0 aliphatic carbocycles. The van der Waals surface area contributed by atoms with Gasteiger partial charge in [0, 0.05) is 0 Å². The number of carbonyl (C=O) groups is 1. The minimum atomic E-state index is -4.82. The van der Waals surface area contributed by atoms with Gasteiger partial charge in [0.2, 0.25) is 0 Å². The lowest BCUT2D eigenvalue weighted by molar-refractivity contribution is -0.138. The smallest absolute Gasteiger partial charge is 0.418 e. The molecule has 0 aliphatic heterocycles. The maximum atomic E-state index is 13.0. The van der Waals surface area contributed by atoms with Crippen molar-refractivity contribution in [2.45, 2.75) is 13.1 Å². The molecule has 0 radical (unpaired) electrons. The van der Waals surface area contributed by atoms with E-state index in [1.807, 2.05) is 0 Å². The number of hydrogen-bond donors (Lipinski definition) is 0. The summed E-state index contributed by atoms with van der Waals surface area (Å²) in [6.45, 7) is 1.34. The molecule has 1 aromatic rings. The number of rotatable bonds is 3. The fourth-order valence-corrected chi connectivity index (χ4v) is 1.46. The van der Waals surface area contributed by atoms with Gasteiger partial charge >= 0.3 is 12.1 Å². The normalized spacial score (nSPS) is 12.4. The predicted octanol–water partition coefficient (Wildman–Crippen LogP) is 3.09. The average Bonchev–Trinajstić information content (AvgIpc) is 2.35. The minimum absolute atomic E-state index is 0.107. The number of alkyl halides is 3. The zero-order valence-corrected chi connectivity index (χ0v) is 9.99. The van der Waals surface area contributed by atoms with E-state index in [0.29, 0.717) is 0 Å². The van der Waals surface area contributed by atoms with Crippen LogP contribution in [0.4, 0.5) is 13.2 Å². The molecule has 3 nitrogen and oxygen atoms in total. The molecule has 100 valence electrons. The molecule has 0 amide bonds. The third-order valence-electron chi connectivity index (χ3n) is 2.19. The highest BCUT2D eigenvalue weighted by molar-refractivity contribution is 6.02. The monoisotopic (exact) mass is 269 g/mol. The lowest BCUT2D eigenvalue weighted by Gasteiger charge is -2.13. The van der Waals surface area contributed by atoms with Crippen LogP contribution in [0.15, 0.2) is 35.9 Å². The fourth-order valence-electron chi connectivity index (χ4n) is 1.46. The summed E-state index contributed by atoms with van der Waals surface area (Å²) in [6, 6.07) is 7.95. The maximum Gasteiger partial charge on any atom is 0.418 e. The van der Waals surface area contributed by atoms with Crippen molar-refractivity contribution in [3.05, 3.63) is 41.5 Å². The van der Waals surface area contributed by atoms with E-state index in [4.69, 9.17) is 5.26 Å². The highest BCUT2D eigenvalue weighted by Crippen LogP contribution is 2.36. The van der Waals surface area contributed by atoms with Crippen molar-refractivity contribution in [3.8, 4) is 6.07 Å². The number of hydrogen-bond acceptors (Lipinski definition) is 3. The molecule has 0 saturated heterocycles. The molecule has 0 bridgehead atoms. The van der Waals surface area contributed by atoms with Crippen LogP contribution in [0, 0.1) is 11.3 Å². The Balaban J connectivity index is 3.47. The van der Waals surface area contributed by atoms with Crippen molar-refractivity contribution in [1.82, 2.24) is 0 Å². The van der Waals surface area contributed by atoms with Gasteiger partial charge in [-0.1, -0.05) is 30.3 Å². The van der Waals surface area contributed by atoms with Crippen LogP contribution < -0.4 is 0 Å². The van der Waals surface area contributed by atoms with Crippen LogP contribution in [-0.4, -0.2) is 18.8 Å². The second-order valence-corrected chi connectivity index (χ2v) is 3.45. The zero-order valence-electron chi connectivity index (χ0n) is 9.99. The lowest BCUT2D eigenvalue weighted by Crippen LogP contribution is -2.18.